The zero-order chi connectivity index (χ0) is 20.8. The summed E-state index contributed by atoms with van der Waals surface area (Å²) in [6, 6.07) is 6.46. The number of rotatable bonds is 6. The van der Waals surface area contributed by atoms with E-state index in [0.29, 0.717) is 11.6 Å². The monoisotopic (exact) mass is 394 g/mol. The molecule has 0 heterocycles. The van der Waals surface area contributed by atoms with Gasteiger partial charge in [0, 0.05) is 11.8 Å². The zero-order valence-corrected chi connectivity index (χ0v) is 15.0. The first-order valence-corrected chi connectivity index (χ1v) is 8.17. The number of carbonyl (C=O) groups is 3. The summed E-state index contributed by atoms with van der Waals surface area (Å²) in [4.78, 5) is 35.6. The van der Waals surface area contributed by atoms with Gasteiger partial charge in [0.1, 0.15) is 24.0 Å². The van der Waals surface area contributed by atoms with Crippen molar-refractivity contribution in [3.05, 3.63) is 65.0 Å². The van der Waals surface area contributed by atoms with Crippen LogP contribution in [0.2, 0.25) is 0 Å². The highest BCUT2D eigenvalue weighted by Gasteiger charge is 2.19. The molecule has 0 aliphatic carbocycles. The van der Waals surface area contributed by atoms with Crippen LogP contribution in [-0.2, 0) is 14.3 Å². The Kier molecular flexibility index (Phi) is 6.75. The molecule has 0 radical (unpaired) electrons. The molecule has 28 heavy (non-hydrogen) atoms. The fourth-order valence-electron chi connectivity index (χ4n) is 2.13. The predicted molar refractivity (Wildman–Crippen MR) is 94.0 cm³/mol. The minimum Gasteiger partial charge on any atom is -0.451 e. The summed E-state index contributed by atoms with van der Waals surface area (Å²) in [6.45, 7) is 2.23. The molecule has 0 aliphatic rings. The van der Waals surface area contributed by atoms with Crippen LogP contribution in [0, 0.1) is 24.4 Å². The first-order chi connectivity index (χ1) is 13.2. The molecular formula is C19H17F3N2O4. The maximum atomic E-state index is 13.5. The van der Waals surface area contributed by atoms with E-state index in [1.54, 1.807) is 6.92 Å². The van der Waals surface area contributed by atoms with E-state index < -0.39 is 53.4 Å². The number of esters is 1. The molecule has 2 N–H and O–H groups in total. The number of benzene rings is 2. The maximum absolute atomic E-state index is 13.5. The molecule has 1 atom stereocenters. The second-order valence-electron chi connectivity index (χ2n) is 5.89. The molecular weight excluding hydrogens is 377 g/mol. The molecule has 0 saturated carbocycles. The zero-order valence-electron chi connectivity index (χ0n) is 15.0. The molecule has 2 rings (SSSR count). The molecule has 2 amide bonds. The van der Waals surface area contributed by atoms with Crippen LogP contribution in [0.15, 0.2) is 36.4 Å². The third-order valence-electron chi connectivity index (χ3n) is 3.69. The Morgan fingerprint density at radius 3 is 2.39 bits per heavy atom. The Morgan fingerprint density at radius 1 is 1.04 bits per heavy atom. The lowest BCUT2D eigenvalue weighted by Gasteiger charge is -2.14. The second kappa shape index (κ2) is 9.03. The van der Waals surface area contributed by atoms with Crippen LogP contribution in [0.4, 0.5) is 18.9 Å². The summed E-state index contributed by atoms with van der Waals surface area (Å²) in [5.41, 5.74) is 0.156. The molecule has 1 unspecified atom stereocenters. The smallest absolute Gasteiger partial charge is 0.326 e. The molecule has 6 nitrogen and oxygen atoms in total. The number of ether oxygens (including phenoxy) is 1. The quantitative estimate of drug-likeness (QED) is 0.738. The summed E-state index contributed by atoms with van der Waals surface area (Å²) in [6.07, 6.45) is -1.23. The normalized spacial score (nSPS) is 11.5. The van der Waals surface area contributed by atoms with Crippen molar-refractivity contribution in [2.75, 3.05) is 11.9 Å². The number of anilines is 1. The van der Waals surface area contributed by atoms with Crippen molar-refractivity contribution >= 4 is 23.5 Å². The number of nitrogens with one attached hydrogen (secondary N) is 2. The van der Waals surface area contributed by atoms with Gasteiger partial charge in [-0.25, -0.2) is 13.2 Å². The van der Waals surface area contributed by atoms with Gasteiger partial charge in [-0.3, -0.25) is 14.4 Å². The van der Waals surface area contributed by atoms with Crippen LogP contribution in [0.1, 0.15) is 22.8 Å². The second-order valence-corrected chi connectivity index (χ2v) is 5.89. The first-order valence-electron chi connectivity index (χ1n) is 8.17. The predicted octanol–water partition coefficient (Wildman–Crippen LogP) is 2.71. The van der Waals surface area contributed by atoms with Crippen molar-refractivity contribution in [3.63, 3.8) is 0 Å². The number of hydrogen-bond acceptors (Lipinski definition) is 4. The van der Waals surface area contributed by atoms with Gasteiger partial charge < -0.3 is 15.4 Å². The fraction of sp³-hybridized carbons (Fsp3) is 0.211. The van der Waals surface area contributed by atoms with E-state index >= 15 is 0 Å². The maximum Gasteiger partial charge on any atom is 0.326 e. The molecule has 0 fully saturated rings. The van der Waals surface area contributed by atoms with E-state index in [0.717, 1.165) is 18.2 Å². The van der Waals surface area contributed by atoms with E-state index in [1.807, 2.05) is 0 Å². The highest BCUT2D eigenvalue weighted by Crippen LogP contribution is 2.14. The molecule has 9 heteroatoms. The number of aryl methyl sites for hydroxylation is 1. The molecule has 0 spiro atoms. The summed E-state index contributed by atoms with van der Waals surface area (Å²) >= 11 is 0. The van der Waals surface area contributed by atoms with Crippen LogP contribution in [0.3, 0.4) is 0 Å². The van der Waals surface area contributed by atoms with Crippen LogP contribution < -0.4 is 10.6 Å². The van der Waals surface area contributed by atoms with Gasteiger partial charge in [-0.15, -0.1) is 0 Å². The van der Waals surface area contributed by atoms with Gasteiger partial charge in [-0.05, 0) is 43.7 Å². The van der Waals surface area contributed by atoms with Crippen molar-refractivity contribution in [1.82, 2.24) is 5.32 Å². The van der Waals surface area contributed by atoms with E-state index in [9.17, 15) is 27.6 Å². The molecule has 2 aromatic rings. The van der Waals surface area contributed by atoms with Crippen LogP contribution >= 0.6 is 0 Å². The van der Waals surface area contributed by atoms with E-state index in [1.165, 1.54) is 19.1 Å². The van der Waals surface area contributed by atoms with Crippen molar-refractivity contribution in [2.24, 2.45) is 0 Å². The minimum absolute atomic E-state index is 0.191. The van der Waals surface area contributed by atoms with Crippen molar-refractivity contribution in [3.8, 4) is 0 Å². The average molecular weight is 394 g/mol. The van der Waals surface area contributed by atoms with Crippen molar-refractivity contribution in [1.29, 1.82) is 0 Å². The summed E-state index contributed by atoms with van der Waals surface area (Å²) in [5.74, 6) is -5.02. The van der Waals surface area contributed by atoms with Crippen LogP contribution in [-0.4, -0.2) is 30.4 Å². The topological polar surface area (TPSA) is 84.5 Å². The van der Waals surface area contributed by atoms with Crippen LogP contribution in [0.5, 0.6) is 0 Å². The molecule has 0 bridgehead atoms. The molecule has 0 aliphatic heterocycles. The minimum atomic E-state index is -1.23. The van der Waals surface area contributed by atoms with Gasteiger partial charge in [0.25, 0.3) is 11.8 Å². The van der Waals surface area contributed by atoms with Gasteiger partial charge in [0.05, 0.1) is 5.56 Å². The Morgan fingerprint density at radius 2 is 1.75 bits per heavy atom. The Labute approximate surface area is 158 Å². The Hall–Kier alpha value is -3.36. The summed E-state index contributed by atoms with van der Waals surface area (Å²) < 4.78 is 44.7. The van der Waals surface area contributed by atoms with E-state index in [2.05, 4.69) is 10.6 Å². The first kappa shape index (κ1) is 20.9. The molecule has 0 saturated heterocycles. The fourth-order valence-corrected chi connectivity index (χ4v) is 2.13. The largest absolute Gasteiger partial charge is 0.451 e. The standard InChI is InChI=1S/C19H17F3N2O4/c1-10-3-5-13(8-15(10)21)24-18(26)11(2)28-17(25)9-23-19(27)14-6-4-12(20)7-16(14)22/h3-8,11H,9H2,1-2H3,(H,23,27)(H,24,26). The highest BCUT2D eigenvalue weighted by molar-refractivity contribution is 5.97. The Bertz CT molecular complexity index is 918. The van der Waals surface area contributed by atoms with Gasteiger partial charge in [-0.2, -0.15) is 0 Å². The highest BCUT2D eigenvalue weighted by atomic mass is 19.1. The Balaban J connectivity index is 1.85. The summed E-state index contributed by atoms with van der Waals surface area (Å²) in [5, 5.41) is 4.50. The average Bonchev–Trinajstić information content (AvgIpc) is 2.62. The van der Waals surface area contributed by atoms with Crippen LogP contribution in [0.25, 0.3) is 0 Å². The molecule has 148 valence electrons. The SMILES string of the molecule is Cc1ccc(NC(=O)C(C)OC(=O)CNC(=O)c2ccc(F)cc2F)cc1F. The van der Waals surface area contributed by atoms with E-state index in [-0.39, 0.29) is 5.69 Å². The molecule has 0 aromatic heterocycles. The lowest BCUT2D eigenvalue weighted by molar-refractivity contribution is -0.152. The van der Waals surface area contributed by atoms with Gasteiger partial charge >= 0.3 is 5.97 Å². The van der Waals surface area contributed by atoms with Gasteiger partial charge in [0.2, 0.25) is 0 Å². The summed E-state index contributed by atoms with van der Waals surface area (Å²) in [7, 11) is 0. The van der Waals surface area contributed by atoms with E-state index in [4.69, 9.17) is 4.74 Å². The lowest BCUT2D eigenvalue weighted by Crippen LogP contribution is -2.36. The lowest BCUT2D eigenvalue weighted by atomic mass is 10.2. The van der Waals surface area contributed by atoms with Gasteiger partial charge in [0.15, 0.2) is 6.10 Å². The van der Waals surface area contributed by atoms with Crippen molar-refractivity contribution in [2.45, 2.75) is 20.0 Å². The number of halogens is 3. The van der Waals surface area contributed by atoms with Crippen molar-refractivity contribution < 1.29 is 32.3 Å². The number of carbonyl (C=O) groups excluding carboxylic acids is 3. The third kappa shape index (κ3) is 5.57. The molecule has 2 aromatic carbocycles. The van der Waals surface area contributed by atoms with Gasteiger partial charge in [-0.1, -0.05) is 6.07 Å². The number of amides is 2. The number of hydrogen-bond donors (Lipinski definition) is 2. The third-order valence-corrected chi connectivity index (χ3v) is 3.69.